The predicted octanol–water partition coefficient (Wildman–Crippen LogP) is 3.77. The monoisotopic (exact) mass is 264 g/mol. The molecule has 0 aliphatic rings. The smallest absolute Gasteiger partial charge is 0.0486 e. The van der Waals surface area contributed by atoms with E-state index < -0.39 is 0 Å². The van der Waals surface area contributed by atoms with Crippen molar-refractivity contribution in [3.05, 3.63) is 70.9 Å². The van der Waals surface area contributed by atoms with E-state index in [1.165, 1.54) is 33.2 Å². The van der Waals surface area contributed by atoms with Crippen LogP contribution in [0.3, 0.4) is 0 Å². The van der Waals surface area contributed by atoms with Gasteiger partial charge >= 0.3 is 0 Å². The van der Waals surface area contributed by atoms with Crippen LogP contribution in [0.1, 0.15) is 22.3 Å². The molecule has 102 valence electrons. The van der Waals surface area contributed by atoms with Gasteiger partial charge in [-0.15, -0.1) is 0 Å². The Morgan fingerprint density at radius 1 is 1.00 bits per heavy atom. The first-order valence-electron chi connectivity index (χ1n) is 7.01. The third-order valence-electron chi connectivity index (χ3n) is 3.76. The summed E-state index contributed by atoms with van der Waals surface area (Å²) in [6.07, 6.45) is 2.15. The lowest BCUT2D eigenvalue weighted by Gasteiger charge is -2.09. The van der Waals surface area contributed by atoms with Gasteiger partial charge in [-0.1, -0.05) is 41.5 Å². The van der Waals surface area contributed by atoms with Crippen molar-refractivity contribution in [2.24, 2.45) is 5.73 Å². The number of aryl methyl sites for hydroxylation is 2. The average Bonchev–Trinajstić information content (AvgIpc) is 2.81. The summed E-state index contributed by atoms with van der Waals surface area (Å²) in [6.45, 7) is 5.79. The molecule has 0 spiro atoms. The van der Waals surface area contributed by atoms with Gasteiger partial charge in [-0.2, -0.15) is 0 Å². The molecular formula is C18H20N2. The predicted molar refractivity (Wildman–Crippen MR) is 84.8 cm³/mol. The molecule has 0 aliphatic heterocycles. The van der Waals surface area contributed by atoms with E-state index in [4.69, 9.17) is 5.73 Å². The quantitative estimate of drug-likeness (QED) is 0.767. The van der Waals surface area contributed by atoms with Crippen molar-refractivity contribution in [1.29, 1.82) is 0 Å². The van der Waals surface area contributed by atoms with Gasteiger partial charge in [0.25, 0.3) is 0 Å². The fourth-order valence-corrected chi connectivity index (χ4v) is 2.96. The third kappa shape index (κ3) is 2.35. The molecule has 0 radical (unpaired) electrons. The Balaban J connectivity index is 2.03. The minimum atomic E-state index is 0.588. The lowest BCUT2D eigenvalue weighted by atomic mass is 10.1. The van der Waals surface area contributed by atoms with Crippen molar-refractivity contribution in [3.63, 3.8) is 0 Å². The van der Waals surface area contributed by atoms with E-state index >= 15 is 0 Å². The Morgan fingerprint density at radius 3 is 2.45 bits per heavy atom. The van der Waals surface area contributed by atoms with Gasteiger partial charge in [0.05, 0.1) is 0 Å². The van der Waals surface area contributed by atoms with Crippen molar-refractivity contribution < 1.29 is 0 Å². The zero-order valence-electron chi connectivity index (χ0n) is 12.1. The molecule has 2 N–H and O–H groups in total. The molecule has 0 bridgehead atoms. The standard InChI is InChI=1S/C18H20N2/c1-13-8-14(2)10-15(9-13)12-20-7-6-17-16(11-19)4-3-5-18(17)20/h3-10H,11-12,19H2,1-2H3. The molecule has 0 fully saturated rings. The first-order chi connectivity index (χ1) is 9.67. The lowest BCUT2D eigenvalue weighted by molar-refractivity contribution is 0.834. The van der Waals surface area contributed by atoms with E-state index in [9.17, 15) is 0 Å². The lowest BCUT2D eigenvalue weighted by Crippen LogP contribution is -2.00. The van der Waals surface area contributed by atoms with Crippen LogP contribution < -0.4 is 5.73 Å². The van der Waals surface area contributed by atoms with Gasteiger partial charge in [0.15, 0.2) is 0 Å². The molecule has 1 aromatic heterocycles. The Morgan fingerprint density at radius 2 is 1.75 bits per heavy atom. The summed E-state index contributed by atoms with van der Waals surface area (Å²) >= 11 is 0. The fraction of sp³-hybridized carbons (Fsp3) is 0.222. The van der Waals surface area contributed by atoms with Crippen molar-refractivity contribution in [1.82, 2.24) is 4.57 Å². The molecule has 3 rings (SSSR count). The number of benzene rings is 2. The molecule has 2 nitrogen and oxygen atoms in total. The highest BCUT2D eigenvalue weighted by Gasteiger charge is 2.05. The first kappa shape index (κ1) is 12.9. The van der Waals surface area contributed by atoms with Gasteiger partial charge < -0.3 is 10.3 Å². The summed E-state index contributed by atoms with van der Waals surface area (Å²) in [6, 6.07) is 15.2. The van der Waals surface area contributed by atoms with Gasteiger partial charge in [-0.3, -0.25) is 0 Å². The first-order valence-corrected chi connectivity index (χ1v) is 7.01. The molecule has 0 unspecified atom stereocenters. The second-order valence-corrected chi connectivity index (χ2v) is 5.49. The Hall–Kier alpha value is -2.06. The van der Waals surface area contributed by atoms with E-state index in [0.29, 0.717) is 6.54 Å². The minimum Gasteiger partial charge on any atom is -0.343 e. The topological polar surface area (TPSA) is 30.9 Å². The molecule has 0 saturated heterocycles. The van der Waals surface area contributed by atoms with Gasteiger partial charge in [0.2, 0.25) is 0 Å². The van der Waals surface area contributed by atoms with E-state index in [-0.39, 0.29) is 0 Å². The van der Waals surface area contributed by atoms with Gasteiger partial charge in [0, 0.05) is 30.2 Å². The normalized spacial score (nSPS) is 11.2. The van der Waals surface area contributed by atoms with Crippen LogP contribution >= 0.6 is 0 Å². The molecule has 1 heterocycles. The van der Waals surface area contributed by atoms with Crippen LogP contribution in [-0.4, -0.2) is 4.57 Å². The van der Waals surface area contributed by atoms with Crippen LogP contribution in [0, 0.1) is 13.8 Å². The molecule has 0 amide bonds. The fourth-order valence-electron chi connectivity index (χ4n) is 2.96. The number of hydrogen-bond acceptors (Lipinski definition) is 1. The highest BCUT2D eigenvalue weighted by atomic mass is 14.9. The number of nitrogens with zero attached hydrogens (tertiary/aromatic N) is 1. The number of rotatable bonds is 3. The number of hydrogen-bond donors (Lipinski definition) is 1. The van der Waals surface area contributed by atoms with Crippen molar-refractivity contribution in [3.8, 4) is 0 Å². The average molecular weight is 264 g/mol. The maximum atomic E-state index is 5.81. The SMILES string of the molecule is Cc1cc(C)cc(Cn2ccc3c(CN)cccc32)c1. The molecular weight excluding hydrogens is 244 g/mol. The van der Waals surface area contributed by atoms with Crippen LogP contribution in [-0.2, 0) is 13.1 Å². The van der Waals surface area contributed by atoms with Crippen molar-refractivity contribution in [2.45, 2.75) is 26.9 Å². The van der Waals surface area contributed by atoms with E-state index in [2.05, 4.69) is 67.1 Å². The van der Waals surface area contributed by atoms with Crippen LogP contribution in [0.2, 0.25) is 0 Å². The summed E-state index contributed by atoms with van der Waals surface area (Å²) in [5.41, 5.74) is 12.3. The maximum Gasteiger partial charge on any atom is 0.0486 e. The summed E-state index contributed by atoms with van der Waals surface area (Å²) in [4.78, 5) is 0. The van der Waals surface area contributed by atoms with Crippen LogP contribution in [0.4, 0.5) is 0 Å². The molecule has 2 heteroatoms. The zero-order valence-corrected chi connectivity index (χ0v) is 12.1. The van der Waals surface area contributed by atoms with Gasteiger partial charge in [-0.05, 0) is 37.1 Å². The van der Waals surface area contributed by atoms with Crippen LogP contribution in [0.5, 0.6) is 0 Å². The summed E-state index contributed by atoms with van der Waals surface area (Å²) in [5.74, 6) is 0. The second kappa shape index (κ2) is 5.14. The molecule has 0 aliphatic carbocycles. The summed E-state index contributed by atoms with van der Waals surface area (Å²) < 4.78 is 2.29. The number of aromatic nitrogens is 1. The molecule has 0 atom stereocenters. The summed E-state index contributed by atoms with van der Waals surface area (Å²) in [7, 11) is 0. The molecule has 20 heavy (non-hydrogen) atoms. The third-order valence-corrected chi connectivity index (χ3v) is 3.76. The van der Waals surface area contributed by atoms with Crippen molar-refractivity contribution >= 4 is 10.9 Å². The zero-order chi connectivity index (χ0) is 14.1. The van der Waals surface area contributed by atoms with Gasteiger partial charge in [-0.25, -0.2) is 0 Å². The van der Waals surface area contributed by atoms with E-state index in [0.717, 1.165) is 6.54 Å². The second-order valence-electron chi connectivity index (χ2n) is 5.49. The summed E-state index contributed by atoms with van der Waals surface area (Å²) in [5, 5.41) is 1.26. The van der Waals surface area contributed by atoms with Crippen molar-refractivity contribution in [2.75, 3.05) is 0 Å². The Labute approximate surface area is 119 Å². The maximum absolute atomic E-state index is 5.81. The highest BCUT2D eigenvalue weighted by Crippen LogP contribution is 2.21. The molecule has 2 aromatic carbocycles. The van der Waals surface area contributed by atoms with Crippen LogP contribution in [0.15, 0.2) is 48.7 Å². The minimum absolute atomic E-state index is 0.588. The Bertz CT molecular complexity index is 733. The largest absolute Gasteiger partial charge is 0.343 e. The number of nitrogens with two attached hydrogens (primary N) is 1. The highest BCUT2D eigenvalue weighted by molar-refractivity contribution is 5.83. The van der Waals surface area contributed by atoms with Crippen LogP contribution in [0.25, 0.3) is 10.9 Å². The van der Waals surface area contributed by atoms with Gasteiger partial charge in [0.1, 0.15) is 0 Å². The number of fused-ring (bicyclic) bond motifs is 1. The van der Waals surface area contributed by atoms with E-state index in [1.807, 2.05) is 0 Å². The molecule has 3 aromatic rings. The van der Waals surface area contributed by atoms with E-state index in [1.54, 1.807) is 0 Å². The molecule has 0 saturated carbocycles. The Kier molecular flexibility index (Phi) is 3.33.